The highest BCUT2D eigenvalue weighted by Crippen LogP contribution is 2.55. The van der Waals surface area contributed by atoms with Crippen LogP contribution in [0.1, 0.15) is 25.0 Å². The highest BCUT2D eigenvalue weighted by molar-refractivity contribution is 7.25. The molecule has 1 heterocycles. The lowest BCUT2D eigenvalue weighted by Crippen LogP contribution is -2.21. The van der Waals surface area contributed by atoms with Gasteiger partial charge in [-0.3, -0.25) is 0 Å². The van der Waals surface area contributed by atoms with Gasteiger partial charge in [0.2, 0.25) is 0 Å². The summed E-state index contributed by atoms with van der Waals surface area (Å²) < 4.78 is 2.63. The van der Waals surface area contributed by atoms with Crippen molar-refractivity contribution in [1.29, 1.82) is 0 Å². The van der Waals surface area contributed by atoms with E-state index < -0.39 is 0 Å². The van der Waals surface area contributed by atoms with Crippen molar-refractivity contribution in [3.63, 3.8) is 0 Å². The van der Waals surface area contributed by atoms with E-state index in [9.17, 15) is 0 Å². The monoisotopic (exact) mass is 669 g/mol. The van der Waals surface area contributed by atoms with Crippen LogP contribution in [-0.4, -0.2) is 0 Å². The van der Waals surface area contributed by atoms with Gasteiger partial charge in [0.25, 0.3) is 0 Å². The molecule has 0 unspecified atom stereocenters. The fourth-order valence-electron chi connectivity index (χ4n) is 8.51. The van der Waals surface area contributed by atoms with Crippen LogP contribution in [0.25, 0.3) is 64.3 Å². The SMILES string of the molecule is CC1(C)c2ccccc2-c2cccc(N(c3ccc4sc5ccccc5c4c3)c3ccccc3-c3cccc(-c4cccc5ccccc45)c3)c21. The number of benzene rings is 8. The van der Waals surface area contributed by atoms with E-state index in [-0.39, 0.29) is 5.41 Å². The maximum absolute atomic E-state index is 2.53. The molecule has 9 aromatic rings. The Morgan fingerprint density at radius 3 is 1.94 bits per heavy atom. The largest absolute Gasteiger partial charge is 0.310 e. The van der Waals surface area contributed by atoms with Gasteiger partial charge in [0.1, 0.15) is 0 Å². The zero-order valence-electron chi connectivity index (χ0n) is 28.6. The standard InChI is InChI=1S/C49H35NS/c1-49(2)43-24-8-5-20-39(43)41-23-13-26-45(48(41)49)50(35-28-29-47-42(31-35)40-21-7-10-27-46(40)51-47)44-25-9-6-19-38(44)34-17-11-16-33(30-34)37-22-12-15-32-14-3-4-18-36(32)37/h3-31H,1-2H3. The number of nitrogens with zero attached hydrogens (tertiary/aromatic N) is 1. The second-order valence-corrected chi connectivity index (χ2v) is 15.2. The van der Waals surface area contributed by atoms with E-state index in [1.165, 1.54) is 81.1 Å². The number of thiophene rings is 1. The van der Waals surface area contributed by atoms with Gasteiger partial charge in [-0.25, -0.2) is 0 Å². The molecule has 242 valence electrons. The average molecular weight is 670 g/mol. The Labute approximate surface area is 302 Å². The lowest BCUT2D eigenvalue weighted by molar-refractivity contribution is 0.661. The molecule has 0 amide bonds. The lowest BCUT2D eigenvalue weighted by Gasteiger charge is -2.33. The molecule has 51 heavy (non-hydrogen) atoms. The van der Waals surface area contributed by atoms with Crippen molar-refractivity contribution in [3.8, 4) is 33.4 Å². The first-order valence-corrected chi connectivity index (χ1v) is 18.5. The molecule has 0 radical (unpaired) electrons. The zero-order chi connectivity index (χ0) is 34.1. The van der Waals surface area contributed by atoms with Gasteiger partial charge in [-0.05, 0) is 92.2 Å². The molecule has 1 aromatic heterocycles. The molecular formula is C49H35NS. The van der Waals surface area contributed by atoms with Crippen molar-refractivity contribution in [1.82, 2.24) is 0 Å². The fourth-order valence-corrected chi connectivity index (χ4v) is 9.60. The summed E-state index contributed by atoms with van der Waals surface area (Å²) >= 11 is 1.87. The quantitative estimate of drug-likeness (QED) is 0.176. The van der Waals surface area contributed by atoms with E-state index in [1.54, 1.807) is 0 Å². The predicted octanol–water partition coefficient (Wildman–Crippen LogP) is 14.3. The third-order valence-electron chi connectivity index (χ3n) is 10.8. The summed E-state index contributed by atoms with van der Waals surface area (Å²) in [5.74, 6) is 0. The molecule has 0 atom stereocenters. The van der Waals surface area contributed by atoms with E-state index in [0.717, 1.165) is 11.4 Å². The Morgan fingerprint density at radius 2 is 1.04 bits per heavy atom. The Hall–Kier alpha value is -5.96. The number of hydrogen-bond acceptors (Lipinski definition) is 2. The third kappa shape index (κ3) is 4.67. The van der Waals surface area contributed by atoms with Crippen molar-refractivity contribution in [2.75, 3.05) is 4.90 Å². The minimum absolute atomic E-state index is 0.177. The summed E-state index contributed by atoms with van der Waals surface area (Å²) in [5.41, 5.74) is 13.6. The zero-order valence-corrected chi connectivity index (χ0v) is 29.4. The summed E-state index contributed by atoms with van der Waals surface area (Å²) in [6, 6.07) is 64.9. The van der Waals surface area contributed by atoms with Gasteiger partial charge in [0.05, 0.1) is 11.4 Å². The highest BCUT2D eigenvalue weighted by atomic mass is 32.1. The second-order valence-electron chi connectivity index (χ2n) is 14.1. The molecular weight excluding hydrogens is 635 g/mol. The molecule has 10 rings (SSSR count). The minimum atomic E-state index is -0.177. The van der Waals surface area contributed by atoms with Gasteiger partial charge in [0.15, 0.2) is 0 Å². The number of para-hydroxylation sites is 1. The summed E-state index contributed by atoms with van der Waals surface area (Å²) in [7, 11) is 0. The maximum Gasteiger partial charge on any atom is 0.0540 e. The molecule has 8 aromatic carbocycles. The van der Waals surface area contributed by atoms with Crippen molar-refractivity contribution in [3.05, 3.63) is 187 Å². The van der Waals surface area contributed by atoms with Crippen LogP contribution >= 0.6 is 11.3 Å². The van der Waals surface area contributed by atoms with Gasteiger partial charge < -0.3 is 4.90 Å². The molecule has 1 aliphatic carbocycles. The van der Waals surface area contributed by atoms with Crippen molar-refractivity contribution in [2.45, 2.75) is 19.3 Å². The molecule has 0 saturated carbocycles. The fraction of sp³-hybridized carbons (Fsp3) is 0.0612. The predicted molar refractivity (Wildman–Crippen MR) is 220 cm³/mol. The normalized spacial score (nSPS) is 13.1. The van der Waals surface area contributed by atoms with Crippen LogP contribution in [0.5, 0.6) is 0 Å². The van der Waals surface area contributed by atoms with Gasteiger partial charge in [-0.1, -0.05) is 147 Å². The van der Waals surface area contributed by atoms with Crippen molar-refractivity contribution < 1.29 is 0 Å². The third-order valence-corrected chi connectivity index (χ3v) is 12.0. The average Bonchev–Trinajstić information content (AvgIpc) is 3.67. The summed E-state index contributed by atoms with van der Waals surface area (Å²) in [6.07, 6.45) is 0. The first-order valence-electron chi connectivity index (χ1n) is 17.7. The topological polar surface area (TPSA) is 3.24 Å². The van der Waals surface area contributed by atoms with Gasteiger partial charge >= 0.3 is 0 Å². The van der Waals surface area contributed by atoms with E-state index in [4.69, 9.17) is 0 Å². The lowest BCUT2D eigenvalue weighted by atomic mass is 9.81. The number of anilines is 3. The molecule has 0 saturated heterocycles. The molecule has 2 heteroatoms. The van der Waals surface area contributed by atoms with E-state index in [1.807, 2.05) is 11.3 Å². The van der Waals surface area contributed by atoms with Crippen LogP contribution < -0.4 is 4.90 Å². The van der Waals surface area contributed by atoms with Crippen LogP contribution in [0, 0.1) is 0 Å². The van der Waals surface area contributed by atoms with Gasteiger partial charge in [-0.15, -0.1) is 11.3 Å². The second kappa shape index (κ2) is 11.6. The number of fused-ring (bicyclic) bond motifs is 7. The van der Waals surface area contributed by atoms with Crippen LogP contribution in [0.3, 0.4) is 0 Å². The van der Waals surface area contributed by atoms with Crippen molar-refractivity contribution in [2.24, 2.45) is 0 Å². The maximum atomic E-state index is 2.53. The van der Waals surface area contributed by atoms with Gasteiger partial charge in [0, 0.05) is 36.8 Å². The number of rotatable bonds is 5. The van der Waals surface area contributed by atoms with Crippen LogP contribution in [0.4, 0.5) is 17.1 Å². The summed E-state index contributed by atoms with van der Waals surface area (Å²) in [5, 5.41) is 5.12. The molecule has 0 fully saturated rings. The Bertz CT molecular complexity index is 2800. The van der Waals surface area contributed by atoms with Crippen LogP contribution in [0.15, 0.2) is 176 Å². The number of hydrogen-bond donors (Lipinski definition) is 0. The van der Waals surface area contributed by atoms with Crippen LogP contribution in [-0.2, 0) is 5.41 Å². The Balaban J connectivity index is 1.22. The highest BCUT2D eigenvalue weighted by Gasteiger charge is 2.39. The summed E-state index contributed by atoms with van der Waals surface area (Å²) in [6.45, 7) is 4.77. The molecule has 1 aliphatic rings. The molecule has 0 N–H and O–H groups in total. The summed E-state index contributed by atoms with van der Waals surface area (Å²) in [4.78, 5) is 2.53. The van der Waals surface area contributed by atoms with E-state index in [0.29, 0.717) is 0 Å². The van der Waals surface area contributed by atoms with E-state index >= 15 is 0 Å². The van der Waals surface area contributed by atoms with Crippen molar-refractivity contribution >= 4 is 59.3 Å². The minimum Gasteiger partial charge on any atom is -0.310 e. The Morgan fingerprint density at radius 1 is 0.431 bits per heavy atom. The molecule has 0 bridgehead atoms. The molecule has 0 spiro atoms. The Kier molecular flexibility index (Phi) is 6.78. The smallest absolute Gasteiger partial charge is 0.0540 e. The molecule has 0 aliphatic heterocycles. The molecule has 1 nitrogen and oxygen atoms in total. The first-order chi connectivity index (χ1) is 25.1. The van der Waals surface area contributed by atoms with Gasteiger partial charge in [-0.2, -0.15) is 0 Å². The van der Waals surface area contributed by atoms with Crippen LogP contribution in [0.2, 0.25) is 0 Å². The van der Waals surface area contributed by atoms with E-state index in [2.05, 4.69) is 195 Å². The first kappa shape index (κ1) is 29.9.